The minimum absolute atomic E-state index is 0. The summed E-state index contributed by atoms with van der Waals surface area (Å²) in [5.41, 5.74) is 6.96. The van der Waals surface area contributed by atoms with Gasteiger partial charge >= 0.3 is 0 Å². The first-order chi connectivity index (χ1) is 8.65. The number of carbonyl (C=O) groups is 1. The Bertz CT molecular complexity index is 454. The first-order valence-electron chi connectivity index (χ1n) is 6.01. The van der Waals surface area contributed by atoms with Crippen LogP contribution in [0.25, 0.3) is 0 Å². The van der Waals surface area contributed by atoms with E-state index in [9.17, 15) is 4.79 Å². The summed E-state index contributed by atoms with van der Waals surface area (Å²) < 4.78 is 10.4. The van der Waals surface area contributed by atoms with E-state index in [4.69, 9.17) is 15.2 Å². The molecule has 3 N–H and O–H groups in total. The molecule has 5 nitrogen and oxygen atoms in total. The standard InChI is InChI=1S/C13H18N2O3.ClH/c1-3-18-12-7-9(12)13(16)15-8-4-5-11(17-2)10(14)6-8;/h4-6,9,12H,3,7,14H2,1-2H3,(H,15,16);1H. The summed E-state index contributed by atoms with van der Waals surface area (Å²) in [4.78, 5) is 11.9. The van der Waals surface area contributed by atoms with Gasteiger partial charge in [0.25, 0.3) is 0 Å². The maximum atomic E-state index is 11.9. The van der Waals surface area contributed by atoms with Crippen molar-refractivity contribution in [3.8, 4) is 5.75 Å². The molecule has 1 aliphatic carbocycles. The molecule has 0 aliphatic heterocycles. The second-order valence-corrected chi connectivity index (χ2v) is 4.28. The number of nitrogen functional groups attached to an aromatic ring is 1. The van der Waals surface area contributed by atoms with Gasteiger partial charge in [0.1, 0.15) is 5.75 Å². The Morgan fingerprint density at radius 3 is 2.84 bits per heavy atom. The van der Waals surface area contributed by atoms with E-state index >= 15 is 0 Å². The summed E-state index contributed by atoms with van der Waals surface area (Å²) >= 11 is 0. The SMILES string of the molecule is CCOC1CC1C(=O)Nc1ccc(OC)c(N)c1.Cl. The third-order valence-corrected chi connectivity index (χ3v) is 2.95. The van der Waals surface area contributed by atoms with Crippen LogP contribution in [0.2, 0.25) is 0 Å². The van der Waals surface area contributed by atoms with Crippen molar-refractivity contribution in [1.29, 1.82) is 0 Å². The molecule has 0 aromatic heterocycles. The number of methoxy groups -OCH3 is 1. The highest BCUT2D eigenvalue weighted by molar-refractivity contribution is 5.95. The van der Waals surface area contributed by atoms with Gasteiger partial charge in [0.2, 0.25) is 5.91 Å². The Kier molecular flexibility index (Phi) is 5.44. The molecule has 0 heterocycles. The van der Waals surface area contributed by atoms with Crippen LogP contribution in [0.1, 0.15) is 13.3 Å². The summed E-state index contributed by atoms with van der Waals surface area (Å²) in [6.45, 7) is 2.57. The van der Waals surface area contributed by atoms with Crippen molar-refractivity contribution in [2.24, 2.45) is 5.92 Å². The number of hydrogen-bond donors (Lipinski definition) is 2. The molecule has 1 aromatic carbocycles. The lowest BCUT2D eigenvalue weighted by atomic mass is 10.2. The molecular weight excluding hydrogens is 268 g/mol. The van der Waals surface area contributed by atoms with Crippen LogP contribution in [0.5, 0.6) is 5.75 Å². The molecule has 2 rings (SSSR count). The van der Waals surface area contributed by atoms with Crippen molar-refractivity contribution in [3.05, 3.63) is 18.2 Å². The number of nitrogens with one attached hydrogen (secondary N) is 1. The Morgan fingerprint density at radius 2 is 2.26 bits per heavy atom. The summed E-state index contributed by atoms with van der Waals surface area (Å²) in [6.07, 6.45) is 0.872. The van der Waals surface area contributed by atoms with Crippen molar-refractivity contribution >= 4 is 29.7 Å². The average Bonchev–Trinajstić information content (AvgIpc) is 3.09. The molecule has 106 valence electrons. The van der Waals surface area contributed by atoms with Crippen molar-refractivity contribution in [2.45, 2.75) is 19.4 Å². The molecule has 2 unspecified atom stereocenters. The van der Waals surface area contributed by atoms with Gasteiger partial charge in [-0.05, 0) is 31.5 Å². The van der Waals surface area contributed by atoms with Gasteiger partial charge in [-0.25, -0.2) is 0 Å². The van der Waals surface area contributed by atoms with Crippen molar-refractivity contribution in [3.63, 3.8) is 0 Å². The van der Waals surface area contributed by atoms with Crippen LogP contribution in [-0.2, 0) is 9.53 Å². The van der Waals surface area contributed by atoms with E-state index in [1.165, 1.54) is 0 Å². The number of halogens is 1. The van der Waals surface area contributed by atoms with Gasteiger partial charge in [-0.1, -0.05) is 0 Å². The second-order valence-electron chi connectivity index (χ2n) is 4.28. The molecule has 1 amide bonds. The molecule has 0 saturated heterocycles. The smallest absolute Gasteiger partial charge is 0.230 e. The van der Waals surface area contributed by atoms with Gasteiger partial charge in [0.15, 0.2) is 0 Å². The fraction of sp³-hybridized carbons (Fsp3) is 0.462. The Labute approximate surface area is 118 Å². The summed E-state index contributed by atoms with van der Waals surface area (Å²) in [7, 11) is 1.56. The number of nitrogens with two attached hydrogens (primary N) is 1. The normalized spacial score (nSPS) is 20.3. The van der Waals surface area contributed by atoms with Gasteiger partial charge in [0.05, 0.1) is 24.8 Å². The molecule has 0 spiro atoms. The molecular formula is C13H19ClN2O3. The van der Waals surface area contributed by atoms with Gasteiger partial charge in [-0.15, -0.1) is 12.4 Å². The molecule has 1 aliphatic rings. The summed E-state index contributed by atoms with van der Waals surface area (Å²) in [5.74, 6) is 0.554. The molecule has 1 saturated carbocycles. The van der Waals surface area contributed by atoms with E-state index in [0.29, 0.717) is 23.7 Å². The third kappa shape index (κ3) is 3.75. The van der Waals surface area contributed by atoms with Crippen LogP contribution in [0.4, 0.5) is 11.4 Å². The topological polar surface area (TPSA) is 73.6 Å². The fourth-order valence-electron chi connectivity index (χ4n) is 1.89. The summed E-state index contributed by atoms with van der Waals surface area (Å²) in [5, 5.41) is 2.83. The fourth-order valence-corrected chi connectivity index (χ4v) is 1.89. The Hall–Kier alpha value is -1.46. The van der Waals surface area contributed by atoms with Crippen molar-refractivity contribution in [2.75, 3.05) is 24.8 Å². The minimum atomic E-state index is -0.0340. The highest BCUT2D eigenvalue weighted by atomic mass is 35.5. The van der Waals surface area contributed by atoms with Crippen LogP contribution in [0.3, 0.4) is 0 Å². The molecule has 1 fully saturated rings. The zero-order valence-corrected chi connectivity index (χ0v) is 11.8. The number of anilines is 2. The number of ether oxygens (including phenoxy) is 2. The molecule has 19 heavy (non-hydrogen) atoms. The monoisotopic (exact) mass is 286 g/mol. The quantitative estimate of drug-likeness (QED) is 0.813. The maximum Gasteiger partial charge on any atom is 0.230 e. The van der Waals surface area contributed by atoms with E-state index in [1.54, 1.807) is 25.3 Å². The van der Waals surface area contributed by atoms with Crippen molar-refractivity contribution in [1.82, 2.24) is 0 Å². The summed E-state index contributed by atoms with van der Waals surface area (Å²) in [6, 6.07) is 5.19. The lowest BCUT2D eigenvalue weighted by Gasteiger charge is -2.08. The molecule has 1 aromatic rings. The van der Waals surface area contributed by atoms with Crippen LogP contribution in [-0.4, -0.2) is 25.7 Å². The highest BCUT2D eigenvalue weighted by Crippen LogP contribution is 2.35. The van der Waals surface area contributed by atoms with Crippen LogP contribution < -0.4 is 15.8 Å². The first kappa shape index (κ1) is 15.6. The van der Waals surface area contributed by atoms with Crippen LogP contribution >= 0.6 is 12.4 Å². The molecule has 2 atom stereocenters. The number of hydrogen-bond acceptors (Lipinski definition) is 4. The highest BCUT2D eigenvalue weighted by Gasteiger charge is 2.43. The predicted octanol–water partition coefficient (Wildman–Crippen LogP) is 2.06. The predicted molar refractivity (Wildman–Crippen MR) is 76.8 cm³/mol. The lowest BCUT2D eigenvalue weighted by molar-refractivity contribution is -0.118. The van der Waals surface area contributed by atoms with Gasteiger partial charge in [0, 0.05) is 12.3 Å². The molecule has 6 heteroatoms. The number of benzene rings is 1. The minimum Gasteiger partial charge on any atom is -0.495 e. The first-order valence-corrected chi connectivity index (χ1v) is 6.01. The van der Waals surface area contributed by atoms with Gasteiger partial charge in [-0.3, -0.25) is 4.79 Å². The van der Waals surface area contributed by atoms with Gasteiger partial charge < -0.3 is 20.5 Å². The Balaban J connectivity index is 0.00000180. The third-order valence-electron chi connectivity index (χ3n) is 2.95. The van der Waals surface area contributed by atoms with E-state index < -0.39 is 0 Å². The number of rotatable bonds is 5. The zero-order valence-electron chi connectivity index (χ0n) is 11.0. The number of amides is 1. The second kappa shape index (κ2) is 6.63. The van der Waals surface area contributed by atoms with Crippen LogP contribution in [0, 0.1) is 5.92 Å². The van der Waals surface area contributed by atoms with E-state index in [1.807, 2.05) is 6.92 Å². The Morgan fingerprint density at radius 1 is 1.53 bits per heavy atom. The molecule has 0 bridgehead atoms. The van der Waals surface area contributed by atoms with Gasteiger partial charge in [-0.2, -0.15) is 0 Å². The van der Waals surface area contributed by atoms with Crippen LogP contribution in [0.15, 0.2) is 18.2 Å². The van der Waals surface area contributed by atoms with Crippen molar-refractivity contribution < 1.29 is 14.3 Å². The average molecular weight is 287 g/mol. The maximum absolute atomic E-state index is 11.9. The van der Waals surface area contributed by atoms with E-state index in [-0.39, 0.29) is 30.3 Å². The lowest BCUT2D eigenvalue weighted by Crippen LogP contribution is -2.16. The van der Waals surface area contributed by atoms with E-state index in [0.717, 1.165) is 6.42 Å². The number of carbonyl (C=O) groups excluding carboxylic acids is 1. The molecule has 0 radical (unpaired) electrons. The van der Waals surface area contributed by atoms with E-state index in [2.05, 4.69) is 5.32 Å². The zero-order chi connectivity index (χ0) is 13.1. The largest absolute Gasteiger partial charge is 0.495 e.